The van der Waals surface area contributed by atoms with Crippen molar-refractivity contribution in [2.75, 3.05) is 11.6 Å². The summed E-state index contributed by atoms with van der Waals surface area (Å²) in [6.07, 6.45) is 5.30. The van der Waals surface area contributed by atoms with Crippen molar-refractivity contribution in [3.8, 4) is 0 Å². The van der Waals surface area contributed by atoms with Gasteiger partial charge in [0, 0.05) is 0 Å². The first-order valence-electron chi connectivity index (χ1n) is 3.93. The average molecular weight is 215 g/mol. The smallest absolute Gasteiger partial charge is 0.149 e. The number of nitrogens with one attached hydrogen (secondary N) is 1. The van der Waals surface area contributed by atoms with E-state index >= 15 is 0 Å². The van der Waals surface area contributed by atoms with Crippen molar-refractivity contribution in [3.05, 3.63) is 12.4 Å². The third kappa shape index (κ3) is 4.80. The molecule has 0 aliphatic carbocycles. The molecule has 0 saturated heterocycles. The maximum Gasteiger partial charge on any atom is 0.149 e. The van der Waals surface area contributed by atoms with Gasteiger partial charge in [-0.1, -0.05) is 26.1 Å². The minimum atomic E-state index is 0.679. The first-order chi connectivity index (χ1) is 6.36. The van der Waals surface area contributed by atoms with E-state index in [0.717, 1.165) is 5.03 Å². The van der Waals surface area contributed by atoms with Crippen LogP contribution in [-0.2, 0) is 0 Å². The topological polar surface area (TPSA) is 37.8 Å². The van der Waals surface area contributed by atoms with Crippen LogP contribution in [0.25, 0.3) is 0 Å². The second kappa shape index (κ2) is 7.94. The lowest BCUT2D eigenvalue weighted by Crippen LogP contribution is -1.95. The summed E-state index contributed by atoms with van der Waals surface area (Å²) in [6.45, 7) is 4.00. The van der Waals surface area contributed by atoms with Crippen LogP contribution in [-0.4, -0.2) is 21.7 Å². The molecule has 0 spiro atoms. The zero-order valence-corrected chi connectivity index (χ0v) is 9.58. The van der Waals surface area contributed by atoms with Crippen LogP contribution < -0.4 is 5.32 Å². The first-order valence-corrected chi connectivity index (χ1v) is 5.62. The highest BCUT2D eigenvalue weighted by atomic mass is 32.2. The minimum Gasteiger partial charge on any atom is -0.336 e. The number of thioether (sulfide) groups is 1. The van der Waals surface area contributed by atoms with Gasteiger partial charge in [0.1, 0.15) is 10.8 Å². The molecule has 0 unspecified atom stereocenters. The predicted molar refractivity (Wildman–Crippen MR) is 62.4 cm³/mol. The van der Waals surface area contributed by atoms with Crippen LogP contribution in [0.15, 0.2) is 17.4 Å². The van der Waals surface area contributed by atoms with Crippen molar-refractivity contribution < 1.29 is 0 Å². The van der Waals surface area contributed by atoms with E-state index in [-0.39, 0.29) is 0 Å². The number of rotatable bonds is 3. The third-order valence-corrected chi connectivity index (χ3v) is 1.79. The first kappa shape index (κ1) is 12.3. The third-order valence-electron chi connectivity index (χ3n) is 1.04. The summed E-state index contributed by atoms with van der Waals surface area (Å²) in [4.78, 5) is 8.13. The zero-order chi connectivity index (χ0) is 10.1. The van der Waals surface area contributed by atoms with E-state index in [1.807, 2.05) is 20.1 Å². The largest absolute Gasteiger partial charge is 0.336 e. The lowest BCUT2D eigenvalue weighted by Gasteiger charge is -1.97. The van der Waals surface area contributed by atoms with Crippen molar-refractivity contribution in [1.29, 1.82) is 0 Å². The monoisotopic (exact) mass is 215 g/mol. The molecule has 0 atom stereocenters. The van der Waals surface area contributed by atoms with E-state index in [0.29, 0.717) is 5.82 Å². The summed E-state index contributed by atoms with van der Waals surface area (Å²) in [6, 6.07) is 0. The van der Waals surface area contributed by atoms with Gasteiger partial charge in [0.25, 0.3) is 0 Å². The summed E-state index contributed by atoms with van der Waals surface area (Å²) in [5.74, 6) is 0.679. The Kier molecular flexibility index (Phi) is 7.53. The number of nitrogens with zero attached hydrogens (tertiary/aromatic N) is 2. The molecule has 0 aliphatic heterocycles. The Morgan fingerprint density at radius 3 is 2.46 bits per heavy atom. The number of anilines is 1. The normalized spacial score (nSPS) is 8.23. The molecule has 1 aromatic rings. The van der Waals surface area contributed by atoms with Crippen LogP contribution >= 0.6 is 24.0 Å². The van der Waals surface area contributed by atoms with E-state index in [2.05, 4.69) is 27.5 Å². The van der Waals surface area contributed by atoms with Gasteiger partial charge in [-0.05, 0) is 6.26 Å². The van der Waals surface area contributed by atoms with Crippen LogP contribution in [0.3, 0.4) is 0 Å². The maximum atomic E-state index is 4.59. The standard InChI is InChI=1S/C6H7N3S2.C2H6/c1-11-6-3-7-5(2-8-6)9-4-10;1-2/h2-4H,1H3,(H,7,9,10);1-2H3. The Labute approximate surface area is 88.4 Å². The van der Waals surface area contributed by atoms with Crippen LogP contribution in [0.2, 0.25) is 0 Å². The molecule has 0 amide bonds. The van der Waals surface area contributed by atoms with Gasteiger partial charge < -0.3 is 5.32 Å². The zero-order valence-electron chi connectivity index (χ0n) is 7.94. The fourth-order valence-corrected chi connectivity index (χ4v) is 0.993. The molecule has 0 bridgehead atoms. The van der Waals surface area contributed by atoms with E-state index in [4.69, 9.17) is 0 Å². The molecule has 1 heterocycles. The summed E-state index contributed by atoms with van der Waals surface area (Å²) < 4.78 is 0. The van der Waals surface area contributed by atoms with Crippen LogP contribution in [0, 0.1) is 0 Å². The molecule has 5 heteroatoms. The Hall–Kier alpha value is -0.680. The van der Waals surface area contributed by atoms with Gasteiger partial charge in [-0.25, -0.2) is 9.97 Å². The Morgan fingerprint density at radius 2 is 2.08 bits per heavy atom. The number of hydrogen-bond acceptors (Lipinski definition) is 4. The average Bonchev–Trinajstić information content (AvgIpc) is 2.23. The highest BCUT2D eigenvalue weighted by Gasteiger charge is 1.92. The molecule has 1 aromatic heterocycles. The van der Waals surface area contributed by atoms with E-state index in [9.17, 15) is 0 Å². The number of aromatic nitrogens is 2. The van der Waals surface area contributed by atoms with Crippen molar-refractivity contribution >= 4 is 35.3 Å². The molecular formula is C8H13N3S2. The summed E-state index contributed by atoms with van der Waals surface area (Å²) in [5.41, 5.74) is 1.41. The quantitative estimate of drug-likeness (QED) is 0.619. The number of thiocarbonyl (C=S) groups is 1. The second-order valence-corrected chi connectivity index (χ2v) is 2.77. The summed E-state index contributed by atoms with van der Waals surface area (Å²) in [5, 5.41) is 3.67. The van der Waals surface area contributed by atoms with Gasteiger partial charge in [-0.15, -0.1) is 11.8 Å². The summed E-state index contributed by atoms with van der Waals surface area (Å²) >= 11 is 6.14. The summed E-state index contributed by atoms with van der Waals surface area (Å²) in [7, 11) is 0. The molecule has 13 heavy (non-hydrogen) atoms. The Bertz CT molecular complexity index is 236. The fourth-order valence-electron chi connectivity index (χ4n) is 0.557. The van der Waals surface area contributed by atoms with Crippen LogP contribution in [0.1, 0.15) is 13.8 Å². The second-order valence-electron chi connectivity index (χ2n) is 1.71. The van der Waals surface area contributed by atoms with Gasteiger partial charge in [0.05, 0.1) is 17.9 Å². The lowest BCUT2D eigenvalue weighted by molar-refractivity contribution is 1.07. The molecule has 0 aliphatic rings. The van der Waals surface area contributed by atoms with Gasteiger partial charge >= 0.3 is 0 Å². The molecule has 72 valence electrons. The highest BCUT2D eigenvalue weighted by molar-refractivity contribution is 7.98. The molecule has 3 nitrogen and oxygen atoms in total. The van der Waals surface area contributed by atoms with Crippen molar-refractivity contribution in [2.45, 2.75) is 18.9 Å². The SMILES string of the molecule is CC.CSc1cnc(NC=S)cn1. The highest BCUT2D eigenvalue weighted by Crippen LogP contribution is 2.09. The van der Waals surface area contributed by atoms with E-state index < -0.39 is 0 Å². The molecule has 0 aromatic carbocycles. The van der Waals surface area contributed by atoms with Crippen LogP contribution in [0.5, 0.6) is 0 Å². The molecule has 0 fully saturated rings. The van der Waals surface area contributed by atoms with Gasteiger partial charge in [0.15, 0.2) is 0 Å². The van der Waals surface area contributed by atoms with E-state index in [1.165, 1.54) is 5.49 Å². The lowest BCUT2D eigenvalue weighted by atomic mass is 10.7. The Morgan fingerprint density at radius 1 is 1.38 bits per heavy atom. The van der Waals surface area contributed by atoms with Crippen LogP contribution in [0.4, 0.5) is 5.82 Å². The predicted octanol–water partition coefficient (Wildman–Crippen LogP) is 2.59. The van der Waals surface area contributed by atoms with Gasteiger partial charge in [-0.3, -0.25) is 0 Å². The maximum absolute atomic E-state index is 4.59. The Balaban J connectivity index is 0.000000671. The van der Waals surface area contributed by atoms with Gasteiger partial charge in [0.2, 0.25) is 0 Å². The van der Waals surface area contributed by atoms with Crippen molar-refractivity contribution in [2.24, 2.45) is 0 Å². The molecule has 0 saturated carbocycles. The fraction of sp³-hybridized carbons (Fsp3) is 0.375. The van der Waals surface area contributed by atoms with Crippen molar-refractivity contribution in [1.82, 2.24) is 9.97 Å². The minimum absolute atomic E-state index is 0.679. The molecular weight excluding hydrogens is 202 g/mol. The molecule has 1 N–H and O–H groups in total. The van der Waals surface area contributed by atoms with Gasteiger partial charge in [-0.2, -0.15) is 0 Å². The molecule has 1 rings (SSSR count). The van der Waals surface area contributed by atoms with E-state index in [1.54, 1.807) is 24.2 Å². The molecule has 0 radical (unpaired) electrons. The van der Waals surface area contributed by atoms with Crippen molar-refractivity contribution in [3.63, 3.8) is 0 Å². The number of hydrogen-bond donors (Lipinski definition) is 1.